The summed E-state index contributed by atoms with van der Waals surface area (Å²) in [7, 11) is 0. The molecular formula is C16H25ClN2. The van der Waals surface area contributed by atoms with Gasteiger partial charge >= 0.3 is 0 Å². The highest BCUT2D eigenvalue weighted by Crippen LogP contribution is 2.27. The van der Waals surface area contributed by atoms with E-state index in [2.05, 4.69) is 55.2 Å². The van der Waals surface area contributed by atoms with E-state index in [-0.39, 0.29) is 17.8 Å². The standard InChI is InChI=1S/C16H24N2.ClH/c1-16(2)13-18(12-10-15(16)17)11-6-9-14-7-4-3-5-8-14;/h3-9,15H,10-13,17H2,1-2H3;1H/b9-6+;. The van der Waals surface area contributed by atoms with E-state index in [9.17, 15) is 0 Å². The maximum absolute atomic E-state index is 6.15. The number of benzene rings is 1. The number of hydrogen-bond donors (Lipinski definition) is 1. The Morgan fingerprint density at radius 1 is 1.32 bits per heavy atom. The molecule has 1 aromatic carbocycles. The fraction of sp³-hybridized carbons (Fsp3) is 0.500. The Labute approximate surface area is 123 Å². The van der Waals surface area contributed by atoms with Gasteiger partial charge in [-0.05, 0) is 23.9 Å². The van der Waals surface area contributed by atoms with Crippen LogP contribution in [0.2, 0.25) is 0 Å². The van der Waals surface area contributed by atoms with Crippen molar-refractivity contribution in [2.24, 2.45) is 11.1 Å². The van der Waals surface area contributed by atoms with Crippen LogP contribution in [0.1, 0.15) is 25.8 Å². The van der Waals surface area contributed by atoms with Crippen molar-refractivity contribution < 1.29 is 0 Å². The molecule has 0 amide bonds. The van der Waals surface area contributed by atoms with Crippen LogP contribution in [0.4, 0.5) is 0 Å². The molecule has 1 aromatic rings. The van der Waals surface area contributed by atoms with Gasteiger partial charge in [-0.1, -0.05) is 56.3 Å². The lowest BCUT2D eigenvalue weighted by Gasteiger charge is -2.42. The normalized spacial score (nSPS) is 23.2. The van der Waals surface area contributed by atoms with Gasteiger partial charge < -0.3 is 5.73 Å². The van der Waals surface area contributed by atoms with Crippen LogP contribution in [0.5, 0.6) is 0 Å². The molecular weight excluding hydrogens is 256 g/mol. The van der Waals surface area contributed by atoms with E-state index in [4.69, 9.17) is 5.73 Å². The maximum Gasteiger partial charge on any atom is 0.0166 e. The second-order valence-corrected chi connectivity index (χ2v) is 5.93. The van der Waals surface area contributed by atoms with Crippen molar-refractivity contribution in [2.45, 2.75) is 26.3 Å². The van der Waals surface area contributed by atoms with E-state index in [1.807, 2.05) is 6.07 Å². The fourth-order valence-corrected chi connectivity index (χ4v) is 2.54. The molecule has 0 aliphatic carbocycles. The van der Waals surface area contributed by atoms with E-state index in [1.54, 1.807) is 0 Å². The summed E-state index contributed by atoms with van der Waals surface area (Å²) in [5.41, 5.74) is 7.65. The smallest absolute Gasteiger partial charge is 0.0166 e. The van der Waals surface area contributed by atoms with Gasteiger partial charge in [-0.3, -0.25) is 4.90 Å². The molecule has 3 heteroatoms. The third kappa shape index (κ3) is 4.64. The summed E-state index contributed by atoms with van der Waals surface area (Å²) in [6.45, 7) is 7.76. The molecule has 0 bridgehead atoms. The Morgan fingerprint density at radius 3 is 2.63 bits per heavy atom. The zero-order valence-electron chi connectivity index (χ0n) is 11.9. The minimum atomic E-state index is 0. The second kappa shape index (κ2) is 7.09. The van der Waals surface area contributed by atoms with Gasteiger partial charge in [0.25, 0.3) is 0 Å². The highest BCUT2D eigenvalue weighted by molar-refractivity contribution is 5.85. The Kier molecular flexibility index (Phi) is 6.05. The summed E-state index contributed by atoms with van der Waals surface area (Å²) in [5, 5.41) is 0. The van der Waals surface area contributed by atoms with Crippen LogP contribution in [-0.2, 0) is 0 Å². The van der Waals surface area contributed by atoms with E-state index >= 15 is 0 Å². The van der Waals surface area contributed by atoms with Crippen molar-refractivity contribution in [1.29, 1.82) is 0 Å². The largest absolute Gasteiger partial charge is 0.327 e. The summed E-state index contributed by atoms with van der Waals surface area (Å²) >= 11 is 0. The van der Waals surface area contributed by atoms with Crippen molar-refractivity contribution in [3.63, 3.8) is 0 Å². The highest BCUT2D eigenvalue weighted by atomic mass is 35.5. The number of nitrogens with two attached hydrogens (primary N) is 1. The minimum absolute atomic E-state index is 0. The number of rotatable bonds is 3. The van der Waals surface area contributed by atoms with Gasteiger partial charge in [-0.2, -0.15) is 0 Å². The summed E-state index contributed by atoms with van der Waals surface area (Å²) in [5.74, 6) is 0. The molecule has 1 unspecified atom stereocenters. The number of hydrogen-bond acceptors (Lipinski definition) is 2. The van der Waals surface area contributed by atoms with Crippen molar-refractivity contribution in [2.75, 3.05) is 19.6 Å². The van der Waals surface area contributed by atoms with Crippen LogP contribution in [0.15, 0.2) is 36.4 Å². The zero-order chi connectivity index (χ0) is 13.0. The first-order valence-electron chi connectivity index (χ1n) is 6.77. The molecule has 1 aliphatic rings. The van der Waals surface area contributed by atoms with Gasteiger partial charge in [-0.15, -0.1) is 12.4 Å². The predicted molar refractivity (Wildman–Crippen MR) is 85.5 cm³/mol. The first-order chi connectivity index (χ1) is 8.58. The van der Waals surface area contributed by atoms with Crippen molar-refractivity contribution in [3.05, 3.63) is 42.0 Å². The molecule has 1 fully saturated rings. The van der Waals surface area contributed by atoms with E-state index in [1.165, 1.54) is 5.56 Å². The van der Waals surface area contributed by atoms with Gasteiger partial charge in [0.2, 0.25) is 0 Å². The van der Waals surface area contributed by atoms with E-state index in [0.29, 0.717) is 6.04 Å². The predicted octanol–water partition coefficient (Wildman–Crippen LogP) is 3.18. The summed E-state index contributed by atoms with van der Waals surface area (Å²) in [6.07, 6.45) is 5.55. The van der Waals surface area contributed by atoms with Gasteiger partial charge in [0.15, 0.2) is 0 Å². The monoisotopic (exact) mass is 280 g/mol. The van der Waals surface area contributed by atoms with Gasteiger partial charge in [0, 0.05) is 19.1 Å². The quantitative estimate of drug-likeness (QED) is 0.921. The molecule has 0 radical (unpaired) electrons. The third-order valence-electron chi connectivity index (χ3n) is 3.86. The van der Waals surface area contributed by atoms with Crippen LogP contribution in [-0.4, -0.2) is 30.6 Å². The average molecular weight is 281 g/mol. The van der Waals surface area contributed by atoms with Gasteiger partial charge in [0.05, 0.1) is 0 Å². The minimum Gasteiger partial charge on any atom is -0.327 e. The Bertz CT molecular complexity index is 400. The molecule has 2 rings (SSSR count). The topological polar surface area (TPSA) is 29.3 Å². The Balaban J connectivity index is 0.00000180. The van der Waals surface area contributed by atoms with Crippen molar-refractivity contribution in [3.8, 4) is 0 Å². The van der Waals surface area contributed by atoms with Crippen molar-refractivity contribution >= 4 is 18.5 Å². The fourth-order valence-electron chi connectivity index (χ4n) is 2.54. The van der Waals surface area contributed by atoms with Crippen LogP contribution < -0.4 is 5.73 Å². The number of likely N-dealkylation sites (tertiary alicyclic amines) is 1. The summed E-state index contributed by atoms with van der Waals surface area (Å²) in [4.78, 5) is 2.49. The first-order valence-corrected chi connectivity index (χ1v) is 6.77. The molecule has 2 nitrogen and oxygen atoms in total. The molecule has 106 valence electrons. The Hall–Kier alpha value is -0.830. The molecule has 1 aliphatic heterocycles. The summed E-state index contributed by atoms with van der Waals surface area (Å²) in [6, 6.07) is 10.8. The Morgan fingerprint density at radius 2 is 2.00 bits per heavy atom. The third-order valence-corrected chi connectivity index (χ3v) is 3.86. The van der Waals surface area contributed by atoms with Gasteiger partial charge in [-0.25, -0.2) is 0 Å². The number of nitrogens with zero attached hydrogens (tertiary/aromatic N) is 1. The van der Waals surface area contributed by atoms with Crippen LogP contribution in [0.3, 0.4) is 0 Å². The zero-order valence-corrected chi connectivity index (χ0v) is 12.7. The average Bonchev–Trinajstić information content (AvgIpc) is 2.35. The summed E-state index contributed by atoms with van der Waals surface area (Å²) < 4.78 is 0. The lowest BCUT2D eigenvalue weighted by atomic mass is 9.80. The first kappa shape index (κ1) is 16.2. The molecule has 1 heterocycles. The number of piperidine rings is 1. The molecule has 0 spiro atoms. The van der Waals surface area contributed by atoms with Crippen LogP contribution >= 0.6 is 12.4 Å². The molecule has 1 saturated heterocycles. The van der Waals surface area contributed by atoms with Gasteiger partial charge in [0.1, 0.15) is 0 Å². The molecule has 1 atom stereocenters. The molecule has 2 N–H and O–H groups in total. The van der Waals surface area contributed by atoms with E-state index in [0.717, 1.165) is 26.1 Å². The number of halogens is 1. The molecule has 0 saturated carbocycles. The van der Waals surface area contributed by atoms with Crippen molar-refractivity contribution in [1.82, 2.24) is 4.90 Å². The van der Waals surface area contributed by atoms with Crippen LogP contribution in [0.25, 0.3) is 6.08 Å². The lowest BCUT2D eigenvalue weighted by Crippen LogP contribution is -2.52. The SMILES string of the molecule is CC1(C)CN(C/C=C/c2ccccc2)CCC1N.Cl. The molecule has 19 heavy (non-hydrogen) atoms. The van der Waals surface area contributed by atoms with E-state index < -0.39 is 0 Å². The highest BCUT2D eigenvalue weighted by Gasteiger charge is 2.32. The van der Waals surface area contributed by atoms with Crippen LogP contribution in [0, 0.1) is 5.41 Å². The lowest BCUT2D eigenvalue weighted by molar-refractivity contribution is 0.105. The molecule has 0 aromatic heterocycles. The second-order valence-electron chi connectivity index (χ2n) is 5.93. The maximum atomic E-state index is 6.15.